The number of H-pyrrole nitrogens is 1. The number of hydrogen-bond donors (Lipinski definition) is 2. The largest absolute Gasteiger partial charge is 0.361 e. The van der Waals surface area contributed by atoms with Crippen molar-refractivity contribution in [3.63, 3.8) is 0 Å². The number of aromatic amines is 1. The van der Waals surface area contributed by atoms with Crippen molar-refractivity contribution in [3.05, 3.63) is 51.5 Å². The fourth-order valence-electron chi connectivity index (χ4n) is 2.16. The van der Waals surface area contributed by atoms with Crippen molar-refractivity contribution < 1.29 is 0 Å². The predicted octanol–water partition coefficient (Wildman–Crippen LogP) is 2.97. The van der Waals surface area contributed by atoms with Crippen LogP contribution >= 0.6 is 11.6 Å². The molecule has 0 saturated heterocycles. The molecule has 102 valence electrons. The van der Waals surface area contributed by atoms with E-state index in [2.05, 4.69) is 15.4 Å². The van der Waals surface area contributed by atoms with Gasteiger partial charge in [0.2, 0.25) is 0 Å². The zero-order chi connectivity index (χ0) is 14.3. The molecule has 0 unspecified atom stereocenters. The van der Waals surface area contributed by atoms with E-state index >= 15 is 0 Å². The van der Waals surface area contributed by atoms with E-state index in [0.29, 0.717) is 16.3 Å². The molecule has 0 aliphatic rings. The number of anilines is 2. The molecule has 0 aliphatic heterocycles. The van der Waals surface area contributed by atoms with Crippen LogP contribution in [0.15, 0.2) is 35.4 Å². The first kappa shape index (κ1) is 12.7. The molecule has 0 aliphatic carbocycles. The quantitative estimate of drug-likeness (QED) is 0.762. The SMILES string of the molecule is Cc1c(Nc2cc(Cl)cc3[nH]ccc23)cnn(C)c1=O. The lowest BCUT2D eigenvalue weighted by atomic mass is 10.2. The van der Waals surface area contributed by atoms with Gasteiger partial charge in [0.15, 0.2) is 0 Å². The van der Waals surface area contributed by atoms with Crippen LogP contribution in [0.4, 0.5) is 11.4 Å². The van der Waals surface area contributed by atoms with Gasteiger partial charge in [0.05, 0.1) is 11.9 Å². The molecule has 0 saturated carbocycles. The highest BCUT2D eigenvalue weighted by Crippen LogP contribution is 2.29. The molecule has 0 atom stereocenters. The Balaban J connectivity index is 2.12. The number of nitrogens with one attached hydrogen (secondary N) is 2. The van der Waals surface area contributed by atoms with Gasteiger partial charge in [-0.1, -0.05) is 11.6 Å². The predicted molar refractivity (Wildman–Crippen MR) is 80.8 cm³/mol. The fraction of sp³-hybridized carbons (Fsp3) is 0.143. The maximum Gasteiger partial charge on any atom is 0.271 e. The third-order valence-corrected chi connectivity index (χ3v) is 3.50. The van der Waals surface area contributed by atoms with E-state index in [0.717, 1.165) is 16.6 Å². The molecule has 2 heterocycles. The maximum absolute atomic E-state index is 11.9. The maximum atomic E-state index is 11.9. The van der Waals surface area contributed by atoms with E-state index in [1.54, 1.807) is 20.2 Å². The minimum Gasteiger partial charge on any atom is -0.361 e. The fourth-order valence-corrected chi connectivity index (χ4v) is 2.38. The number of halogens is 1. The van der Waals surface area contributed by atoms with Crippen molar-refractivity contribution in [2.24, 2.45) is 7.05 Å². The van der Waals surface area contributed by atoms with Gasteiger partial charge in [-0.3, -0.25) is 4.79 Å². The topological polar surface area (TPSA) is 62.7 Å². The van der Waals surface area contributed by atoms with Crippen LogP contribution in [0.3, 0.4) is 0 Å². The first-order valence-corrected chi connectivity index (χ1v) is 6.50. The summed E-state index contributed by atoms with van der Waals surface area (Å²) in [6, 6.07) is 5.64. The lowest BCUT2D eigenvalue weighted by Gasteiger charge is -2.11. The number of nitrogens with zero attached hydrogens (tertiary/aromatic N) is 2. The highest BCUT2D eigenvalue weighted by atomic mass is 35.5. The van der Waals surface area contributed by atoms with Gasteiger partial charge in [-0.2, -0.15) is 5.10 Å². The van der Waals surface area contributed by atoms with E-state index in [9.17, 15) is 4.79 Å². The Bertz CT molecular complexity index is 850. The van der Waals surface area contributed by atoms with E-state index < -0.39 is 0 Å². The lowest BCUT2D eigenvalue weighted by molar-refractivity contribution is 0.702. The van der Waals surface area contributed by atoms with Crippen LogP contribution in [0.25, 0.3) is 10.9 Å². The number of hydrogen-bond acceptors (Lipinski definition) is 3. The molecule has 2 aromatic heterocycles. The molecule has 5 nitrogen and oxygen atoms in total. The Morgan fingerprint density at radius 1 is 1.35 bits per heavy atom. The molecule has 0 radical (unpaired) electrons. The summed E-state index contributed by atoms with van der Waals surface area (Å²) in [5.41, 5.74) is 2.95. The highest BCUT2D eigenvalue weighted by Gasteiger charge is 2.09. The van der Waals surface area contributed by atoms with E-state index in [1.807, 2.05) is 24.4 Å². The Hall–Kier alpha value is -2.27. The molecular weight excluding hydrogens is 276 g/mol. The van der Waals surface area contributed by atoms with Crippen molar-refractivity contribution in [3.8, 4) is 0 Å². The number of aryl methyl sites for hydroxylation is 1. The Labute approximate surface area is 120 Å². The zero-order valence-electron chi connectivity index (χ0n) is 11.1. The third kappa shape index (κ3) is 2.06. The summed E-state index contributed by atoms with van der Waals surface area (Å²) in [6.45, 7) is 1.77. The van der Waals surface area contributed by atoms with E-state index in [1.165, 1.54) is 4.68 Å². The first-order chi connectivity index (χ1) is 9.56. The molecule has 1 aromatic carbocycles. The first-order valence-electron chi connectivity index (χ1n) is 6.13. The van der Waals surface area contributed by atoms with Gasteiger partial charge < -0.3 is 10.3 Å². The second-order valence-electron chi connectivity index (χ2n) is 4.63. The molecule has 20 heavy (non-hydrogen) atoms. The zero-order valence-corrected chi connectivity index (χ0v) is 11.8. The highest BCUT2D eigenvalue weighted by molar-refractivity contribution is 6.31. The number of fused-ring (bicyclic) bond motifs is 1. The summed E-state index contributed by atoms with van der Waals surface area (Å²) in [5.74, 6) is 0. The van der Waals surface area contributed by atoms with Crippen LogP contribution in [0.1, 0.15) is 5.56 Å². The molecule has 2 N–H and O–H groups in total. The molecule has 3 aromatic rings. The lowest BCUT2D eigenvalue weighted by Crippen LogP contribution is -2.22. The van der Waals surface area contributed by atoms with Gasteiger partial charge in [-0.25, -0.2) is 4.68 Å². The van der Waals surface area contributed by atoms with Crippen molar-refractivity contribution >= 4 is 33.9 Å². The van der Waals surface area contributed by atoms with Crippen molar-refractivity contribution in [1.29, 1.82) is 0 Å². The minimum atomic E-state index is -0.123. The van der Waals surface area contributed by atoms with Gasteiger partial charge >= 0.3 is 0 Å². The van der Waals surface area contributed by atoms with Crippen LogP contribution in [0.2, 0.25) is 5.02 Å². The smallest absolute Gasteiger partial charge is 0.271 e. The summed E-state index contributed by atoms with van der Waals surface area (Å²) in [7, 11) is 1.63. The molecule has 0 spiro atoms. The third-order valence-electron chi connectivity index (χ3n) is 3.28. The Kier molecular flexibility index (Phi) is 2.99. The van der Waals surface area contributed by atoms with Crippen LogP contribution in [-0.4, -0.2) is 14.8 Å². The van der Waals surface area contributed by atoms with Gasteiger partial charge in [0.1, 0.15) is 0 Å². The number of benzene rings is 1. The van der Waals surface area contributed by atoms with Gasteiger partial charge in [-0.15, -0.1) is 0 Å². The summed E-state index contributed by atoms with van der Waals surface area (Å²) in [4.78, 5) is 15.0. The Morgan fingerprint density at radius 2 is 2.15 bits per heavy atom. The molecule has 3 rings (SSSR count). The van der Waals surface area contributed by atoms with Crippen LogP contribution in [0.5, 0.6) is 0 Å². The average molecular weight is 289 g/mol. The van der Waals surface area contributed by atoms with Crippen LogP contribution < -0.4 is 10.9 Å². The minimum absolute atomic E-state index is 0.123. The number of rotatable bonds is 2. The van der Waals surface area contributed by atoms with Gasteiger partial charge in [0.25, 0.3) is 5.56 Å². The van der Waals surface area contributed by atoms with Crippen LogP contribution in [-0.2, 0) is 7.05 Å². The second-order valence-corrected chi connectivity index (χ2v) is 5.07. The van der Waals surface area contributed by atoms with Crippen molar-refractivity contribution in [1.82, 2.24) is 14.8 Å². The van der Waals surface area contributed by atoms with Crippen molar-refractivity contribution in [2.75, 3.05) is 5.32 Å². The van der Waals surface area contributed by atoms with Gasteiger partial charge in [-0.05, 0) is 25.1 Å². The standard InChI is InChI=1S/C14H13ClN4O/c1-8-13(7-17-19(2)14(8)20)18-12-6-9(15)5-11-10(12)3-4-16-11/h3-7,16,18H,1-2H3. The molecular formula is C14H13ClN4O. The Morgan fingerprint density at radius 3 is 2.95 bits per heavy atom. The van der Waals surface area contributed by atoms with Crippen LogP contribution in [0, 0.1) is 6.92 Å². The second kappa shape index (κ2) is 4.68. The number of aromatic nitrogens is 3. The molecule has 0 fully saturated rings. The molecule has 6 heteroatoms. The molecule has 0 amide bonds. The van der Waals surface area contributed by atoms with E-state index in [4.69, 9.17) is 11.6 Å². The average Bonchev–Trinajstić information content (AvgIpc) is 2.87. The summed E-state index contributed by atoms with van der Waals surface area (Å²) < 4.78 is 1.31. The monoisotopic (exact) mass is 288 g/mol. The molecule has 0 bridgehead atoms. The van der Waals surface area contributed by atoms with Crippen molar-refractivity contribution in [2.45, 2.75) is 6.92 Å². The summed E-state index contributed by atoms with van der Waals surface area (Å²) >= 11 is 6.10. The summed E-state index contributed by atoms with van der Waals surface area (Å²) in [6.07, 6.45) is 3.48. The van der Waals surface area contributed by atoms with E-state index in [-0.39, 0.29) is 5.56 Å². The normalized spacial score (nSPS) is 10.9. The van der Waals surface area contributed by atoms with Gasteiger partial charge in [0, 0.05) is 40.4 Å². The summed E-state index contributed by atoms with van der Waals surface area (Å²) in [5, 5.41) is 8.89.